The minimum Gasteiger partial charge on any atom is -0.497 e. The van der Waals surface area contributed by atoms with Crippen LogP contribution in [0.2, 0.25) is 0 Å². The van der Waals surface area contributed by atoms with Crippen LogP contribution in [0.15, 0.2) is 48.5 Å². The fourth-order valence-corrected chi connectivity index (χ4v) is 3.86. The van der Waals surface area contributed by atoms with E-state index in [1.165, 1.54) is 0 Å². The molecule has 0 atom stereocenters. The number of amides is 3. The van der Waals surface area contributed by atoms with Gasteiger partial charge in [-0.1, -0.05) is 46.8 Å². The van der Waals surface area contributed by atoms with Crippen LogP contribution in [0.25, 0.3) is 5.69 Å². The van der Waals surface area contributed by atoms with Gasteiger partial charge in [-0.15, -0.1) is 0 Å². The first-order valence-corrected chi connectivity index (χ1v) is 13.1. The van der Waals surface area contributed by atoms with Gasteiger partial charge in [0.2, 0.25) is 5.91 Å². The van der Waals surface area contributed by atoms with Gasteiger partial charge >= 0.3 is 6.03 Å². The molecule has 2 aromatic carbocycles. The van der Waals surface area contributed by atoms with Crippen molar-refractivity contribution in [2.24, 2.45) is 5.92 Å². The van der Waals surface area contributed by atoms with Gasteiger partial charge in [0.25, 0.3) is 0 Å². The van der Waals surface area contributed by atoms with Gasteiger partial charge in [0.15, 0.2) is 0 Å². The summed E-state index contributed by atoms with van der Waals surface area (Å²) in [5, 5.41) is 10.8. The van der Waals surface area contributed by atoms with Gasteiger partial charge in [-0.2, -0.15) is 5.10 Å². The molecule has 0 radical (unpaired) electrons. The lowest BCUT2D eigenvalue weighted by atomic mass is 9.92. The van der Waals surface area contributed by atoms with Crippen LogP contribution in [0, 0.1) is 19.8 Å². The summed E-state index contributed by atoms with van der Waals surface area (Å²) in [6.45, 7) is 14.8. The van der Waals surface area contributed by atoms with Crippen molar-refractivity contribution in [2.45, 2.75) is 60.3 Å². The van der Waals surface area contributed by atoms with E-state index >= 15 is 0 Å². The largest absolute Gasteiger partial charge is 0.497 e. The summed E-state index contributed by atoms with van der Waals surface area (Å²) in [6.07, 6.45) is 0.783. The molecule has 0 aliphatic carbocycles. The van der Waals surface area contributed by atoms with Crippen molar-refractivity contribution in [3.05, 3.63) is 65.4 Å². The number of nitrogens with one attached hydrogen (secondary N) is 2. The molecule has 3 amide bonds. The highest BCUT2D eigenvalue weighted by atomic mass is 16.5. The van der Waals surface area contributed by atoms with E-state index in [0.717, 1.165) is 40.4 Å². The molecule has 0 aliphatic rings. The predicted octanol–water partition coefficient (Wildman–Crippen LogP) is 6.31. The van der Waals surface area contributed by atoms with Gasteiger partial charge < -0.3 is 20.3 Å². The Kier molecular flexibility index (Phi) is 9.20. The van der Waals surface area contributed by atoms with Crippen molar-refractivity contribution < 1.29 is 14.3 Å². The van der Waals surface area contributed by atoms with Crippen LogP contribution >= 0.6 is 0 Å². The predicted molar refractivity (Wildman–Crippen MR) is 153 cm³/mol. The molecule has 8 heteroatoms. The molecule has 0 unspecified atom stereocenters. The summed E-state index contributed by atoms with van der Waals surface area (Å²) < 4.78 is 6.99. The van der Waals surface area contributed by atoms with E-state index in [2.05, 4.69) is 45.3 Å². The van der Waals surface area contributed by atoms with E-state index in [1.807, 2.05) is 62.4 Å². The molecule has 0 saturated heterocycles. The van der Waals surface area contributed by atoms with Crippen molar-refractivity contribution in [2.75, 3.05) is 30.8 Å². The second-order valence-electron chi connectivity index (χ2n) is 11.1. The first kappa shape index (κ1) is 28.8. The third-order valence-corrected chi connectivity index (χ3v) is 6.51. The maximum absolute atomic E-state index is 13.3. The highest BCUT2D eigenvalue weighted by molar-refractivity contribution is 5.97. The molecule has 8 nitrogen and oxygen atoms in total. The number of benzene rings is 2. The summed E-state index contributed by atoms with van der Waals surface area (Å²) in [5.41, 5.74) is 4.26. The summed E-state index contributed by atoms with van der Waals surface area (Å²) in [4.78, 5) is 28.1. The molecule has 0 fully saturated rings. The summed E-state index contributed by atoms with van der Waals surface area (Å²) in [5.74, 6) is 1.38. The summed E-state index contributed by atoms with van der Waals surface area (Å²) >= 11 is 0. The van der Waals surface area contributed by atoms with Crippen molar-refractivity contribution in [3.63, 3.8) is 0 Å². The molecule has 1 aromatic heterocycles. The quantitative estimate of drug-likeness (QED) is 0.347. The molecular weight excluding hydrogens is 478 g/mol. The molecule has 38 heavy (non-hydrogen) atoms. The number of urea groups is 1. The first-order valence-electron chi connectivity index (χ1n) is 13.1. The number of nitrogens with zero attached hydrogens (tertiary/aromatic N) is 3. The lowest BCUT2D eigenvalue weighted by Gasteiger charge is -2.24. The standard InChI is InChI=1S/C30H41N5O3/c1-20(2)16-17-34(29(37)31-25-11-9-10-21(3)22(25)4)19-28(36)32-27-18-26(30(5,6)7)33-35(27)23-12-14-24(38-8)15-13-23/h9-15,18,20H,16-17,19H2,1-8H3,(H,31,37)(H,32,36). The van der Waals surface area contributed by atoms with Crippen molar-refractivity contribution in [1.82, 2.24) is 14.7 Å². The van der Waals surface area contributed by atoms with E-state index in [0.29, 0.717) is 18.3 Å². The zero-order chi connectivity index (χ0) is 28.0. The lowest BCUT2D eigenvalue weighted by Crippen LogP contribution is -2.41. The number of aromatic nitrogens is 2. The van der Waals surface area contributed by atoms with Gasteiger partial charge in [-0.05, 0) is 67.6 Å². The van der Waals surface area contributed by atoms with Crippen LogP contribution in [0.4, 0.5) is 16.3 Å². The molecule has 3 rings (SSSR count). The second-order valence-corrected chi connectivity index (χ2v) is 11.1. The molecule has 2 N–H and O–H groups in total. The number of rotatable bonds is 9. The SMILES string of the molecule is COc1ccc(-n2nc(C(C)(C)C)cc2NC(=O)CN(CCC(C)C)C(=O)Nc2cccc(C)c2C)cc1. The van der Waals surface area contributed by atoms with Crippen molar-refractivity contribution >= 4 is 23.4 Å². The monoisotopic (exact) mass is 519 g/mol. The van der Waals surface area contributed by atoms with Gasteiger partial charge in [-0.3, -0.25) is 4.79 Å². The average molecular weight is 520 g/mol. The summed E-state index contributed by atoms with van der Waals surface area (Å²) in [7, 11) is 1.62. The third kappa shape index (κ3) is 7.37. The van der Waals surface area contributed by atoms with Crippen LogP contribution in [0.3, 0.4) is 0 Å². The number of ether oxygens (including phenoxy) is 1. The molecule has 0 aliphatic heterocycles. The zero-order valence-corrected chi connectivity index (χ0v) is 23.9. The Labute approximate surface area is 226 Å². The van der Waals surface area contributed by atoms with E-state index < -0.39 is 0 Å². The van der Waals surface area contributed by atoms with Gasteiger partial charge in [0.1, 0.15) is 18.1 Å². The van der Waals surface area contributed by atoms with Crippen LogP contribution in [0.1, 0.15) is 57.9 Å². The molecule has 0 spiro atoms. The Bertz CT molecular complexity index is 1260. The molecule has 1 heterocycles. The number of carbonyl (C=O) groups excluding carboxylic acids is 2. The van der Waals surface area contributed by atoms with Crippen LogP contribution in [-0.4, -0.2) is 46.8 Å². The maximum atomic E-state index is 13.3. The molecular formula is C30H41N5O3. The van der Waals surface area contributed by atoms with Gasteiger partial charge in [-0.25, -0.2) is 9.48 Å². The highest BCUT2D eigenvalue weighted by Gasteiger charge is 2.23. The first-order chi connectivity index (χ1) is 17.9. The van der Waals surface area contributed by atoms with E-state index in [-0.39, 0.29) is 23.9 Å². The van der Waals surface area contributed by atoms with Crippen LogP contribution in [0.5, 0.6) is 5.75 Å². The average Bonchev–Trinajstić information content (AvgIpc) is 3.28. The van der Waals surface area contributed by atoms with E-state index in [1.54, 1.807) is 16.7 Å². The highest BCUT2D eigenvalue weighted by Crippen LogP contribution is 2.27. The molecule has 3 aromatic rings. The molecule has 204 valence electrons. The minimum absolute atomic E-state index is 0.0813. The number of aryl methyl sites for hydroxylation is 1. The van der Waals surface area contributed by atoms with Crippen LogP contribution < -0.4 is 15.4 Å². The third-order valence-electron chi connectivity index (χ3n) is 6.51. The fraction of sp³-hybridized carbons (Fsp3) is 0.433. The summed E-state index contributed by atoms with van der Waals surface area (Å²) in [6, 6.07) is 14.9. The minimum atomic E-state index is -0.298. The topological polar surface area (TPSA) is 88.5 Å². The van der Waals surface area contributed by atoms with E-state index in [4.69, 9.17) is 9.84 Å². The molecule has 0 saturated carbocycles. The Balaban J connectivity index is 1.83. The number of methoxy groups -OCH3 is 1. The van der Waals surface area contributed by atoms with Crippen molar-refractivity contribution in [1.29, 1.82) is 0 Å². The Hall–Kier alpha value is -3.81. The Morgan fingerprint density at radius 3 is 2.34 bits per heavy atom. The Morgan fingerprint density at radius 2 is 1.74 bits per heavy atom. The maximum Gasteiger partial charge on any atom is 0.322 e. The fourth-order valence-electron chi connectivity index (χ4n) is 3.86. The number of carbonyl (C=O) groups is 2. The number of anilines is 2. The number of hydrogen-bond acceptors (Lipinski definition) is 4. The lowest BCUT2D eigenvalue weighted by molar-refractivity contribution is -0.116. The van der Waals surface area contributed by atoms with Crippen LogP contribution in [-0.2, 0) is 10.2 Å². The smallest absolute Gasteiger partial charge is 0.322 e. The van der Waals surface area contributed by atoms with E-state index in [9.17, 15) is 9.59 Å². The van der Waals surface area contributed by atoms with Crippen molar-refractivity contribution in [3.8, 4) is 11.4 Å². The normalized spacial score (nSPS) is 11.4. The molecule has 0 bridgehead atoms. The Morgan fingerprint density at radius 1 is 1.05 bits per heavy atom. The number of hydrogen-bond donors (Lipinski definition) is 2. The second kappa shape index (κ2) is 12.2. The van der Waals surface area contributed by atoms with Gasteiger partial charge in [0.05, 0.1) is 18.5 Å². The van der Waals surface area contributed by atoms with Gasteiger partial charge in [0, 0.05) is 23.7 Å². The zero-order valence-electron chi connectivity index (χ0n) is 23.9.